The summed E-state index contributed by atoms with van der Waals surface area (Å²) in [6, 6.07) is 10.8. The van der Waals surface area contributed by atoms with Crippen LogP contribution in [0.5, 0.6) is 0 Å². The number of fused-ring (bicyclic) bond motifs is 1. The van der Waals surface area contributed by atoms with Gasteiger partial charge in [-0.2, -0.15) is 0 Å². The molecule has 1 heteroatoms. The van der Waals surface area contributed by atoms with Crippen molar-refractivity contribution in [3.8, 4) is 0 Å². The summed E-state index contributed by atoms with van der Waals surface area (Å²) in [5.41, 5.74) is 1.46. The minimum absolute atomic E-state index is 1.05. The maximum atomic E-state index is 2.61. The van der Waals surface area contributed by atoms with Crippen molar-refractivity contribution in [1.82, 2.24) is 4.90 Å². The van der Waals surface area contributed by atoms with Crippen LogP contribution in [0, 0.1) is 11.8 Å². The second-order valence-electron chi connectivity index (χ2n) is 4.77. The number of nitrogens with zero attached hydrogens (tertiary/aromatic N) is 1. The lowest BCUT2D eigenvalue weighted by molar-refractivity contribution is 0.212. The second-order valence-corrected chi connectivity index (χ2v) is 4.77. The van der Waals surface area contributed by atoms with E-state index in [1.807, 2.05) is 0 Å². The normalized spacial score (nSPS) is 31.1. The van der Waals surface area contributed by atoms with Crippen molar-refractivity contribution in [2.75, 3.05) is 13.1 Å². The maximum Gasteiger partial charge on any atom is 0.0233 e. The minimum Gasteiger partial charge on any atom is -0.299 e. The van der Waals surface area contributed by atoms with Crippen molar-refractivity contribution in [2.24, 2.45) is 11.8 Å². The highest BCUT2D eigenvalue weighted by Crippen LogP contribution is 2.44. The van der Waals surface area contributed by atoms with Crippen molar-refractivity contribution in [3.63, 3.8) is 0 Å². The lowest BCUT2D eigenvalue weighted by Crippen LogP contribution is -2.30. The third kappa shape index (κ3) is 1.69. The molecule has 1 aromatic carbocycles. The van der Waals surface area contributed by atoms with E-state index in [4.69, 9.17) is 0 Å². The molecule has 2 atom stereocenters. The average Bonchev–Trinajstić information content (AvgIpc) is 2.97. The first-order chi connectivity index (χ1) is 6.92. The first-order valence-corrected chi connectivity index (χ1v) is 5.68. The number of rotatable bonds is 2. The quantitative estimate of drug-likeness (QED) is 0.687. The van der Waals surface area contributed by atoms with E-state index in [0.29, 0.717) is 0 Å². The van der Waals surface area contributed by atoms with Gasteiger partial charge in [0.15, 0.2) is 0 Å². The van der Waals surface area contributed by atoms with Gasteiger partial charge >= 0.3 is 0 Å². The molecule has 2 fully saturated rings. The number of piperidine rings is 1. The van der Waals surface area contributed by atoms with Gasteiger partial charge in [0.25, 0.3) is 0 Å². The Morgan fingerprint density at radius 2 is 2.00 bits per heavy atom. The summed E-state index contributed by atoms with van der Waals surface area (Å²) in [7, 11) is 0. The summed E-state index contributed by atoms with van der Waals surface area (Å²) < 4.78 is 0. The smallest absolute Gasteiger partial charge is 0.0233 e. The van der Waals surface area contributed by atoms with Crippen LogP contribution in [0.15, 0.2) is 30.3 Å². The molecule has 1 aliphatic carbocycles. The molecule has 14 heavy (non-hydrogen) atoms. The molecule has 0 bridgehead atoms. The molecule has 1 nitrogen and oxygen atoms in total. The summed E-state index contributed by atoms with van der Waals surface area (Å²) in [6.07, 6.45) is 2.95. The number of benzene rings is 1. The summed E-state index contributed by atoms with van der Waals surface area (Å²) >= 11 is 0. The highest BCUT2D eigenvalue weighted by atomic mass is 15.1. The third-order valence-electron chi connectivity index (χ3n) is 3.63. The predicted molar refractivity (Wildman–Crippen MR) is 57.9 cm³/mol. The van der Waals surface area contributed by atoms with Crippen LogP contribution in [0.3, 0.4) is 0 Å². The highest BCUT2D eigenvalue weighted by molar-refractivity contribution is 5.14. The molecular formula is C13H17N. The SMILES string of the molecule is c1ccc(CN2CC[C@@H]3C[C@@H]3C2)cc1. The Morgan fingerprint density at radius 1 is 1.14 bits per heavy atom. The van der Waals surface area contributed by atoms with E-state index in [9.17, 15) is 0 Å². The zero-order chi connectivity index (χ0) is 9.38. The van der Waals surface area contributed by atoms with Gasteiger partial charge in [0.05, 0.1) is 0 Å². The van der Waals surface area contributed by atoms with Crippen LogP contribution < -0.4 is 0 Å². The van der Waals surface area contributed by atoms with Crippen LogP contribution in [0.2, 0.25) is 0 Å². The van der Waals surface area contributed by atoms with Gasteiger partial charge in [0.2, 0.25) is 0 Å². The Bertz CT molecular complexity index is 306. The Morgan fingerprint density at radius 3 is 2.79 bits per heavy atom. The predicted octanol–water partition coefficient (Wildman–Crippen LogP) is 2.53. The zero-order valence-electron chi connectivity index (χ0n) is 8.52. The van der Waals surface area contributed by atoms with E-state index in [1.165, 1.54) is 31.5 Å². The van der Waals surface area contributed by atoms with Gasteiger partial charge in [0.1, 0.15) is 0 Å². The average molecular weight is 187 g/mol. The molecule has 74 valence electrons. The van der Waals surface area contributed by atoms with Crippen LogP contribution in [0.25, 0.3) is 0 Å². The van der Waals surface area contributed by atoms with Gasteiger partial charge in [-0.05, 0) is 36.8 Å². The van der Waals surface area contributed by atoms with Gasteiger partial charge in [-0.15, -0.1) is 0 Å². The van der Waals surface area contributed by atoms with Crippen LogP contribution in [0.4, 0.5) is 0 Å². The Labute approximate surface area is 85.7 Å². The monoisotopic (exact) mass is 187 g/mol. The fraction of sp³-hybridized carbons (Fsp3) is 0.538. The summed E-state index contributed by atoms with van der Waals surface area (Å²) in [6.45, 7) is 3.82. The molecule has 0 unspecified atom stereocenters. The van der Waals surface area contributed by atoms with E-state index < -0.39 is 0 Å². The van der Waals surface area contributed by atoms with Crippen LogP contribution >= 0.6 is 0 Å². The second kappa shape index (κ2) is 3.39. The van der Waals surface area contributed by atoms with E-state index in [1.54, 1.807) is 0 Å². The molecule has 3 rings (SSSR count). The topological polar surface area (TPSA) is 3.24 Å². The zero-order valence-corrected chi connectivity index (χ0v) is 8.52. The third-order valence-corrected chi connectivity index (χ3v) is 3.63. The lowest BCUT2D eigenvalue weighted by atomic mass is 10.1. The first kappa shape index (κ1) is 8.49. The number of hydrogen-bond acceptors (Lipinski definition) is 1. The Kier molecular flexibility index (Phi) is 2.06. The van der Waals surface area contributed by atoms with Crippen LogP contribution in [-0.2, 0) is 6.54 Å². The van der Waals surface area contributed by atoms with Crippen LogP contribution in [0.1, 0.15) is 18.4 Å². The molecule has 1 saturated carbocycles. The van der Waals surface area contributed by atoms with Gasteiger partial charge in [0, 0.05) is 13.1 Å². The Hall–Kier alpha value is -0.820. The molecule has 0 N–H and O–H groups in total. The van der Waals surface area contributed by atoms with E-state index in [2.05, 4.69) is 35.2 Å². The van der Waals surface area contributed by atoms with Crippen molar-refractivity contribution in [3.05, 3.63) is 35.9 Å². The fourth-order valence-electron chi connectivity index (χ4n) is 2.64. The molecule has 2 aliphatic rings. The summed E-state index contributed by atoms with van der Waals surface area (Å²) in [5.74, 6) is 2.15. The maximum absolute atomic E-state index is 2.61. The van der Waals surface area contributed by atoms with Gasteiger partial charge < -0.3 is 0 Å². The van der Waals surface area contributed by atoms with Crippen molar-refractivity contribution < 1.29 is 0 Å². The van der Waals surface area contributed by atoms with E-state index in [0.717, 1.165) is 18.4 Å². The van der Waals surface area contributed by atoms with Crippen molar-refractivity contribution >= 4 is 0 Å². The molecule has 0 aromatic heterocycles. The molecule has 1 heterocycles. The van der Waals surface area contributed by atoms with E-state index >= 15 is 0 Å². The summed E-state index contributed by atoms with van der Waals surface area (Å²) in [5, 5.41) is 0. The number of hydrogen-bond donors (Lipinski definition) is 0. The first-order valence-electron chi connectivity index (χ1n) is 5.68. The molecule has 1 aromatic rings. The molecular weight excluding hydrogens is 170 g/mol. The lowest BCUT2D eigenvalue weighted by Gasteiger charge is -2.26. The molecule has 0 radical (unpaired) electrons. The Balaban J connectivity index is 1.61. The minimum atomic E-state index is 1.05. The van der Waals surface area contributed by atoms with Gasteiger partial charge in [-0.25, -0.2) is 0 Å². The van der Waals surface area contributed by atoms with E-state index in [-0.39, 0.29) is 0 Å². The standard InChI is InChI=1S/C13H17N/c1-2-4-11(5-3-1)9-14-7-6-12-8-13(12)10-14/h1-5,12-13H,6-10H2/t12-,13-/m1/s1. The number of likely N-dealkylation sites (tertiary alicyclic amines) is 1. The molecule has 0 amide bonds. The van der Waals surface area contributed by atoms with Gasteiger partial charge in [-0.3, -0.25) is 4.90 Å². The van der Waals surface area contributed by atoms with Crippen molar-refractivity contribution in [2.45, 2.75) is 19.4 Å². The van der Waals surface area contributed by atoms with Gasteiger partial charge in [-0.1, -0.05) is 30.3 Å². The molecule has 0 spiro atoms. The van der Waals surface area contributed by atoms with Crippen LogP contribution in [-0.4, -0.2) is 18.0 Å². The van der Waals surface area contributed by atoms with Crippen molar-refractivity contribution in [1.29, 1.82) is 0 Å². The molecule has 1 saturated heterocycles. The summed E-state index contributed by atoms with van der Waals surface area (Å²) in [4.78, 5) is 2.61. The fourth-order valence-corrected chi connectivity index (χ4v) is 2.64. The highest BCUT2D eigenvalue weighted by Gasteiger charge is 2.40. The molecule has 1 aliphatic heterocycles. The largest absolute Gasteiger partial charge is 0.299 e.